The zero-order valence-corrected chi connectivity index (χ0v) is 12.9. The number of hydrogen-bond acceptors (Lipinski definition) is 3. The summed E-state index contributed by atoms with van der Waals surface area (Å²) < 4.78 is 13.5. The number of nitrogens with one attached hydrogen (secondary N) is 1. The fourth-order valence-electron chi connectivity index (χ4n) is 2.86. The van der Waals surface area contributed by atoms with Crippen molar-refractivity contribution >= 4 is 12.4 Å². The summed E-state index contributed by atoms with van der Waals surface area (Å²) in [5.74, 6) is -0.216. The average molecular weight is 303 g/mol. The van der Waals surface area contributed by atoms with Crippen LogP contribution < -0.4 is 5.32 Å². The molecule has 0 amide bonds. The van der Waals surface area contributed by atoms with Crippen LogP contribution in [0.4, 0.5) is 4.39 Å². The molecule has 1 aliphatic heterocycles. The van der Waals surface area contributed by atoms with Gasteiger partial charge in [-0.3, -0.25) is 4.90 Å². The molecule has 5 heteroatoms. The zero-order valence-electron chi connectivity index (χ0n) is 12.1. The molecule has 0 aliphatic carbocycles. The summed E-state index contributed by atoms with van der Waals surface area (Å²) in [5, 5.41) is 13.0. The summed E-state index contributed by atoms with van der Waals surface area (Å²) in [6.07, 6.45) is 0. The maximum absolute atomic E-state index is 13.5. The predicted octanol–water partition coefficient (Wildman–Crippen LogP) is 2.21. The second-order valence-electron chi connectivity index (χ2n) is 5.89. The molecule has 0 aromatic heterocycles. The molecule has 2 N–H and O–H groups in total. The molecule has 1 atom stereocenters. The largest absolute Gasteiger partial charge is 0.396 e. The minimum absolute atomic E-state index is 0. The summed E-state index contributed by atoms with van der Waals surface area (Å²) >= 11 is 0. The number of nitrogens with zero attached hydrogens (tertiary/aromatic N) is 1. The number of piperazine rings is 1. The van der Waals surface area contributed by atoms with E-state index in [0.29, 0.717) is 0 Å². The second kappa shape index (κ2) is 7.36. The molecule has 1 aromatic carbocycles. The van der Waals surface area contributed by atoms with Gasteiger partial charge < -0.3 is 10.4 Å². The molecule has 0 radical (unpaired) electrons. The van der Waals surface area contributed by atoms with Gasteiger partial charge in [-0.25, -0.2) is 4.39 Å². The smallest absolute Gasteiger partial charge is 0.123 e. The predicted molar refractivity (Wildman–Crippen MR) is 81.7 cm³/mol. The van der Waals surface area contributed by atoms with Crippen molar-refractivity contribution in [3.63, 3.8) is 0 Å². The normalized spacial score (nSPS) is 18.4. The topological polar surface area (TPSA) is 35.5 Å². The summed E-state index contributed by atoms with van der Waals surface area (Å²) in [5.41, 5.74) is 0.645. The molecule has 1 heterocycles. The molecule has 1 aliphatic rings. The third kappa shape index (κ3) is 3.92. The summed E-state index contributed by atoms with van der Waals surface area (Å²) in [7, 11) is 0. The molecule has 1 saturated heterocycles. The third-order valence-electron chi connectivity index (χ3n) is 3.83. The van der Waals surface area contributed by atoms with Crippen molar-refractivity contribution in [1.29, 1.82) is 0 Å². The first-order valence-corrected chi connectivity index (χ1v) is 6.86. The first-order chi connectivity index (χ1) is 9.04. The summed E-state index contributed by atoms with van der Waals surface area (Å²) in [6.45, 7) is 7.86. The Morgan fingerprint density at radius 1 is 1.35 bits per heavy atom. The Balaban J connectivity index is 0.00000200. The van der Waals surface area contributed by atoms with Crippen molar-refractivity contribution < 1.29 is 9.50 Å². The number of halogens is 2. The van der Waals surface area contributed by atoms with Crippen LogP contribution in [0.3, 0.4) is 0 Å². The van der Waals surface area contributed by atoms with Crippen LogP contribution in [0.2, 0.25) is 0 Å². The van der Waals surface area contributed by atoms with Crippen LogP contribution in [0.25, 0.3) is 0 Å². The van der Waals surface area contributed by atoms with Gasteiger partial charge in [0.1, 0.15) is 5.82 Å². The SMILES string of the molecule is CC(C)(CO)[C@H](c1cccc(F)c1)N1CCNCC1.Cl. The van der Waals surface area contributed by atoms with Gasteiger partial charge in [0.2, 0.25) is 0 Å². The summed E-state index contributed by atoms with van der Waals surface area (Å²) in [4.78, 5) is 2.33. The van der Waals surface area contributed by atoms with Crippen molar-refractivity contribution in [2.45, 2.75) is 19.9 Å². The van der Waals surface area contributed by atoms with Gasteiger partial charge in [0, 0.05) is 44.2 Å². The van der Waals surface area contributed by atoms with Gasteiger partial charge in [-0.05, 0) is 17.7 Å². The Morgan fingerprint density at radius 2 is 2.00 bits per heavy atom. The van der Waals surface area contributed by atoms with Gasteiger partial charge in [0.25, 0.3) is 0 Å². The molecule has 0 bridgehead atoms. The third-order valence-corrected chi connectivity index (χ3v) is 3.83. The van der Waals surface area contributed by atoms with Crippen molar-refractivity contribution in [3.05, 3.63) is 35.6 Å². The number of aliphatic hydroxyl groups excluding tert-OH is 1. The fourth-order valence-corrected chi connectivity index (χ4v) is 2.86. The molecule has 0 saturated carbocycles. The maximum Gasteiger partial charge on any atom is 0.123 e. The van der Waals surface area contributed by atoms with Gasteiger partial charge in [-0.1, -0.05) is 26.0 Å². The van der Waals surface area contributed by atoms with Crippen molar-refractivity contribution in [3.8, 4) is 0 Å². The zero-order chi connectivity index (χ0) is 13.9. The first-order valence-electron chi connectivity index (χ1n) is 6.86. The molecule has 3 nitrogen and oxygen atoms in total. The van der Waals surface area contributed by atoms with E-state index in [9.17, 15) is 9.50 Å². The summed E-state index contributed by atoms with van der Waals surface area (Å²) in [6, 6.07) is 6.78. The van der Waals surface area contributed by atoms with Gasteiger partial charge >= 0.3 is 0 Å². The van der Waals surface area contributed by atoms with Crippen LogP contribution in [0.1, 0.15) is 25.5 Å². The molecule has 0 unspecified atom stereocenters. The van der Waals surface area contributed by atoms with Gasteiger partial charge in [0.05, 0.1) is 0 Å². The fraction of sp³-hybridized carbons (Fsp3) is 0.600. The first kappa shape index (κ1) is 17.4. The number of aliphatic hydroxyl groups is 1. The quantitative estimate of drug-likeness (QED) is 0.895. The monoisotopic (exact) mass is 302 g/mol. The van der Waals surface area contributed by atoms with E-state index in [-0.39, 0.29) is 36.3 Å². The highest BCUT2D eigenvalue weighted by Crippen LogP contribution is 2.38. The lowest BCUT2D eigenvalue weighted by Gasteiger charge is -2.43. The number of rotatable bonds is 4. The van der Waals surface area contributed by atoms with Crippen LogP contribution in [0, 0.1) is 11.2 Å². The average Bonchev–Trinajstić information content (AvgIpc) is 2.40. The lowest BCUT2D eigenvalue weighted by Crippen LogP contribution is -2.49. The van der Waals surface area contributed by atoms with E-state index >= 15 is 0 Å². The highest BCUT2D eigenvalue weighted by atomic mass is 35.5. The Kier molecular flexibility index (Phi) is 6.40. The van der Waals surface area contributed by atoms with Crippen molar-refractivity contribution in [1.82, 2.24) is 10.2 Å². The van der Waals surface area contributed by atoms with Crippen LogP contribution in [-0.2, 0) is 0 Å². The van der Waals surface area contributed by atoms with Gasteiger partial charge in [-0.2, -0.15) is 0 Å². The van der Waals surface area contributed by atoms with Gasteiger partial charge in [0.15, 0.2) is 0 Å². The molecule has 1 fully saturated rings. The van der Waals surface area contributed by atoms with Gasteiger partial charge in [-0.15, -0.1) is 12.4 Å². The Morgan fingerprint density at radius 3 is 2.55 bits per heavy atom. The lowest BCUT2D eigenvalue weighted by molar-refractivity contribution is 0.0304. The molecular weight excluding hydrogens is 279 g/mol. The van der Waals surface area contributed by atoms with E-state index in [1.165, 1.54) is 6.07 Å². The van der Waals surface area contributed by atoms with E-state index in [2.05, 4.69) is 10.2 Å². The van der Waals surface area contributed by atoms with E-state index in [0.717, 1.165) is 31.7 Å². The molecule has 0 spiro atoms. The lowest BCUT2D eigenvalue weighted by atomic mass is 9.79. The minimum Gasteiger partial charge on any atom is -0.396 e. The molecule has 2 rings (SSSR count). The Labute approximate surface area is 126 Å². The van der Waals surface area contributed by atoms with E-state index in [1.54, 1.807) is 12.1 Å². The van der Waals surface area contributed by atoms with Crippen LogP contribution in [-0.4, -0.2) is 42.8 Å². The van der Waals surface area contributed by atoms with Crippen LogP contribution in [0.15, 0.2) is 24.3 Å². The Bertz CT molecular complexity index is 422. The second-order valence-corrected chi connectivity index (χ2v) is 5.89. The van der Waals surface area contributed by atoms with Crippen LogP contribution >= 0.6 is 12.4 Å². The highest BCUT2D eigenvalue weighted by Gasteiger charge is 2.35. The molecular formula is C15H24ClFN2O. The minimum atomic E-state index is -0.300. The van der Waals surface area contributed by atoms with Crippen molar-refractivity contribution in [2.75, 3.05) is 32.8 Å². The van der Waals surface area contributed by atoms with E-state index in [1.807, 2.05) is 19.9 Å². The van der Waals surface area contributed by atoms with Crippen molar-refractivity contribution in [2.24, 2.45) is 5.41 Å². The van der Waals surface area contributed by atoms with E-state index < -0.39 is 0 Å². The standard InChI is InChI=1S/C15H23FN2O.ClH/c1-15(2,11-19)14(18-8-6-17-7-9-18)12-4-3-5-13(16)10-12;/h3-5,10,14,17,19H,6-9,11H2,1-2H3;1H/t14-;/m0./s1. The molecule has 20 heavy (non-hydrogen) atoms. The van der Waals surface area contributed by atoms with Crippen LogP contribution in [0.5, 0.6) is 0 Å². The molecule has 1 aromatic rings. The highest BCUT2D eigenvalue weighted by molar-refractivity contribution is 5.85. The van der Waals surface area contributed by atoms with E-state index in [4.69, 9.17) is 0 Å². The maximum atomic E-state index is 13.5. The number of hydrogen-bond donors (Lipinski definition) is 2. The Hall–Kier alpha value is -0.680. The number of benzene rings is 1. The molecule has 114 valence electrons.